The van der Waals surface area contributed by atoms with Crippen LogP contribution < -0.4 is 9.64 Å². The van der Waals surface area contributed by atoms with E-state index in [4.69, 9.17) is 16.3 Å². The highest BCUT2D eigenvalue weighted by Crippen LogP contribution is 2.53. The number of anilines is 1. The summed E-state index contributed by atoms with van der Waals surface area (Å²) in [6.45, 7) is 0. The van der Waals surface area contributed by atoms with Crippen LogP contribution in [-0.4, -0.2) is 35.6 Å². The number of hydrogen-bond acceptors (Lipinski definition) is 5. The van der Waals surface area contributed by atoms with E-state index in [0.29, 0.717) is 26.5 Å². The zero-order valence-electron chi connectivity index (χ0n) is 19.1. The van der Waals surface area contributed by atoms with Gasteiger partial charge in [-0.2, -0.15) is 0 Å². The summed E-state index contributed by atoms with van der Waals surface area (Å²) in [4.78, 5) is 44.9. The first-order chi connectivity index (χ1) is 17.4. The van der Waals surface area contributed by atoms with Crippen molar-refractivity contribution >= 4 is 56.9 Å². The monoisotopic (exact) mass is 562 g/mol. The van der Waals surface area contributed by atoms with Crippen LogP contribution in [0.15, 0.2) is 77.4 Å². The van der Waals surface area contributed by atoms with Crippen molar-refractivity contribution in [2.24, 2.45) is 11.8 Å². The number of benzene rings is 3. The van der Waals surface area contributed by atoms with Gasteiger partial charge in [-0.05, 0) is 75.6 Å². The third-order valence-electron chi connectivity index (χ3n) is 7.25. The first-order valence-electron chi connectivity index (χ1n) is 11.5. The highest BCUT2D eigenvalue weighted by molar-refractivity contribution is 9.10. The summed E-state index contributed by atoms with van der Waals surface area (Å²) < 4.78 is 5.94. The number of rotatable bonds is 4. The van der Waals surface area contributed by atoms with Crippen molar-refractivity contribution < 1.29 is 19.1 Å². The Morgan fingerprint density at radius 2 is 1.69 bits per heavy atom. The number of carbonyl (C=O) groups is 3. The van der Waals surface area contributed by atoms with E-state index >= 15 is 0 Å². The Kier molecular flexibility index (Phi) is 5.50. The number of halogens is 2. The number of Topliss-reactive ketones (excluding diaryl/α,β-unsaturated/α-hetero) is 1. The molecular formula is C28H20BrClN2O4. The molecule has 0 bridgehead atoms. The summed E-state index contributed by atoms with van der Waals surface area (Å²) in [6, 6.07) is 18.2. The van der Waals surface area contributed by atoms with Gasteiger partial charge in [-0.3, -0.25) is 14.4 Å². The number of fused-ring (bicyclic) bond motifs is 5. The average molecular weight is 564 g/mol. The molecule has 0 unspecified atom stereocenters. The molecule has 0 aromatic heterocycles. The van der Waals surface area contributed by atoms with Gasteiger partial charge in [-0.25, -0.2) is 4.90 Å². The number of amides is 2. The van der Waals surface area contributed by atoms with Crippen molar-refractivity contribution in [2.45, 2.75) is 12.1 Å². The largest absolute Gasteiger partial charge is 0.496 e. The quantitative estimate of drug-likeness (QED) is 0.309. The molecule has 0 aliphatic carbocycles. The maximum Gasteiger partial charge on any atom is 0.240 e. The fourth-order valence-electron chi connectivity index (χ4n) is 5.69. The van der Waals surface area contributed by atoms with Crippen LogP contribution in [-0.2, 0) is 9.59 Å². The fourth-order valence-corrected chi connectivity index (χ4v) is 6.36. The molecule has 2 saturated heterocycles. The van der Waals surface area contributed by atoms with Crippen LogP contribution in [0.25, 0.3) is 6.08 Å². The lowest BCUT2D eigenvalue weighted by molar-refractivity contribution is -0.123. The zero-order chi connectivity index (χ0) is 25.1. The van der Waals surface area contributed by atoms with E-state index in [0.717, 1.165) is 11.1 Å². The number of methoxy groups -OCH3 is 1. The van der Waals surface area contributed by atoms with E-state index < -0.39 is 23.9 Å². The Balaban J connectivity index is 1.48. The Bertz CT molecular complexity index is 1450. The van der Waals surface area contributed by atoms with Gasteiger partial charge in [0.1, 0.15) is 11.8 Å². The molecule has 0 N–H and O–H groups in total. The van der Waals surface area contributed by atoms with Gasteiger partial charge in [0.05, 0.1) is 35.1 Å². The molecule has 0 spiro atoms. The molecule has 3 aliphatic heterocycles. The molecule has 180 valence electrons. The standard InChI is InChI=1S/C28H20BrClN2O4/c1-36-21-11-6-16(14-20(21)29)26(33)25-23-22(24-19-5-3-2-4-15(19)12-13-31(24)25)27(34)32(28(23)35)18-9-7-17(30)8-10-18/h2-14,22-25H,1H3/t22-,23+,24+,25+/m0/s1. The number of imide groups is 1. The number of ketones is 1. The topological polar surface area (TPSA) is 66.9 Å². The molecule has 6 nitrogen and oxygen atoms in total. The summed E-state index contributed by atoms with van der Waals surface area (Å²) in [5.74, 6) is -1.84. The van der Waals surface area contributed by atoms with Gasteiger partial charge in [0.2, 0.25) is 11.8 Å². The van der Waals surface area contributed by atoms with Gasteiger partial charge < -0.3 is 9.64 Å². The lowest BCUT2D eigenvalue weighted by atomic mass is 9.83. The van der Waals surface area contributed by atoms with Gasteiger partial charge in [-0.15, -0.1) is 0 Å². The number of carbonyl (C=O) groups excluding carboxylic acids is 3. The molecule has 2 fully saturated rings. The number of hydrogen-bond donors (Lipinski definition) is 0. The Hall–Kier alpha value is -3.42. The van der Waals surface area contributed by atoms with Crippen LogP contribution in [0, 0.1) is 11.8 Å². The Morgan fingerprint density at radius 1 is 0.972 bits per heavy atom. The second-order valence-corrected chi connectivity index (χ2v) is 10.3. The first kappa shape index (κ1) is 23.0. The minimum Gasteiger partial charge on any atom is -0.496 e. The van der Waals surface area contributed by atoms with Gasteiger partial charge in [0.15, 0.2) is 5.78 Å². The van der Waals surface area contributed by atoms with Crippen molar-refractivity contribution in [1.82, 2.24) is 4.90 Å². The maximum absolute atomic E-state index is 14.0. The molecule has 0 radical (unpaired) electrons. The third-order valence-corrected chi connectivity index (χ3v) is 8.12. The van der Waals surface area contributed by atoms with Gasteiger partial charge in [-0.1, -0.05) is 35.9 Å². The van der Waals surface area contributed by atoms with Crippen LogP contribution in [0.1, 0.15) is 27.5 Å². The SMILES string of the molecule is COc1ccc(C(=O)[C@H]2[C@@H]3C(=O)N(c4ccc(Cl)cc4)C(=O)[C@@H]3[C@H]3c4ccccc4C=CN32)cc1Br. The van der Waals surface area contributed by atoms with Gasteiger partial charge in [0, 0.05) is 16.8 Å². The van der Waals surface area contributed by atoms with Crippen LogP contribution in [0.3, 0.4) is 0 Å². The van der Waals surface area contributed by atoms with Crippen LogP contribution in [0.4, 0.5) is 5.69 Å². The maximum atomic E-state index is 14.0. The van der Waals surface area contributed by atoms with E-state index in [2.05, 4.69) is 15.9 Å². The molecule has 36 heavy (non-hydrogen) atoms. The predicted octanol–water partition coefficient (Wildman–Crippen LogP) is 5.51. The summed E-state index contributed by atoms with van der Waals surface area (Å²) in [5.41, 5.74) is 2.79. The van der Waals surface area contributed by atoms with Crippen molar-refractivity contribution in [1.29, 1.82) is 0 Å². The lowest BCUT2D eigenvalue weighted by Gasteiger charge is -2.35. The van der Waals surface area contributed by atoms with Crippen molar-refractivity contribution in [3.05, 3.63) is 99.1 Å². The second-order valence-electron chi connectivity index (χ2n) is 9.03. The zero-order valence-corrected chi connectivity index (χ0v) is 21.4. The average Bonchev–Trinajstić information content (AvgIpc) is 3.36. The van der Waals surface area contributed by atoms with Gasteiger partial charge >= 0.3 is 0 Å². The summed E-state index contributed by atoms with van der Waals surface area (Å²) in [6.07, 6.45) is 3.78. The van der Waals surface area contributed by atoms with Crippen LogP contribution in [0.2, 0.25) is 5.02 Å². The normalized spacial score (nSPS) is 24.0. The van der Waals surface area contributed by atoms with E-state index in [-0.39, 0.29) is 17.6 Å². The molecule has 3 aromatic carbocycles. The molecule has 3 aromatic rings. The summed E-state index contributed by atoms with van der Waals surface area (Å²) in [5, 5.41) is 0.508. The minimum absolute atomic E-state index is 0.223. The Morgan fingerprint density at radius 3 is 2.42 bits per heavy atom. The van der Waals surface area contributed by atoms with Crippen molar-refractivity contribution in [2.75, 3.05) is 12.0 Å². The second kappa shape index (κ2) is 8.61. The van der Waals surface area contributed by atoms with Crippen molar-refractivity contribution in [3.63, 3.8) is 0 Å². The smallest absolute Gasteiger partial charge is 0.240 e. The van der Waals surface area contributed by atoms with E-state index in [1.165, 1.54) is 4.90 Å². The predicted molar refractivity (Wildman–Crippen MR) is 140 cm³/mol. The van der Waals surface area contributed by atoms with E-state index in [9.17, 15) is 14.4 Å². The molecule has 3 aliphatic rings. The molecule has 3 heterocycles. The number of ether oxygens (including phenoxy) is 1. The molecule has 4 atom stereocenters. The molecule has 0 saturated carbocycles. The van der Waals surface area contributed by atoms with E-state index in [1.54, 1.807) is 49.6 Å². The highest BCUT2D eigenvalue weighted by atomic mass is 79.9. The highest BCUT2D eigenvalue weighted by Gasteiger charge is 2.64. The third kappa shape index (κ3) is 3.33. The number of nitrogens with zero attached hydrogens (tertiary/aromatic N) is 2. The minimum atomic E-state index is -0.835. The lowest BCUT2D eigenvalue weighted by Crippen LogP contribution is -2.44. The van der Waals surface area contributed by atoms with Crippen LogP contribution >= 0.6 is 27.5 Å². The Labute approximate surface area is 221 Å². The molecule has 6 rings (SSSR count). The van der Waals surface area contributed by atoms with Crippen LogP contribution in [0.5, 0.6) is 5.75 Å². The van der Waals surface area contributed by atoms with E-state index in [1.807, 2.05) is 41.4 Å². The van der Waals surface area contributed by atoms with Crippen molar-refractivity contribution in [3.8, 4) is 5.75 Å². The summed E-state index contributed by atoms with van der Waals surface area (Å²) in [7, 11) is 1.55. The molecule has 2 amide bonds. The summed E-state index contributed by atoms with van der Waals surface area (Å²) >= 11 is 9.49. The van der Waals surface area contributed by atoms with Gasteiger partial charge in [0.25, 0.3) is 0 Å². The molecule has 8 heteroatoms. The molecular weight excluding hydrogens is 544 g/mol. The first-order valence-corrected chi connectivity index (χ1v) is 12.6. The fraction of sp³-hybridized carbons (Fsp3) is 0.179.